The maximum absolute atomic E-state index is 11.2. The van der Waals surface area contributed by atoms with Gasteiger partial charge in [0.1, 0.15) is 0 Å². The number of ketones is 1. The summed E-state index contributed by atoms with van der Waals surface area (Å²) in [4.78, 5) is 12.1. The van der Waals surface area contributed by atoms with Gasteiger partial charge in [0.05, 0.1) is 0 Å². The molecule has 18 heavy (non-hydrogen) atoms. The highest BCUT2D eigenvalue weighted by Gasteiger charge is 2.08. The minimum atomic E-state index is 0.0816. The molecule has 2 heteroatoms. The van der Waals surface area contributed by atoms with E-state index in [1.165, 1.54) is 44.9 Å². The molecule has 0 aromatic heterocycles. The second kappa shape index (κ2) is 9.21. The van der Waals surface area contributed by atoms with Crippen molar-refractivity contribution in [1.82, 2.24) is 0 Å². The van der Waals surface area contributed by atoms with Gasteiger partial charge >= 0.3 is 0 Å². The van der Waals surface area contributed by atoms with E-state index in [0.717, 1.165) is 23.3 Å². The van der Waals surface area contributed by atoms with Gasteiger partial charge in [-0.15, -0.1) is 0 Å². The lowest BCUT2D eigenvalue weighted by Crippen LogP contribution is -2.05. The normalized spacial score (nSPS) is 15.1. The van der Waals surface area contributed by atoms with Crippen molar-refractivity contribution in [1.29, 1.82) is 0 Å². The highest BCUT2D eigenvalue weighted by Crippen LogP contribution is 2.16. The quantitative estimate of drug-likeness (QED) is 0.433. The monoisotopic (exact) mass is 264 g/mol. The van der Waals surface area contributed by atoms with E-state index in [9.17, 15) is 4.79 Å². The molecule has 0 spiro atoms. The summed E-state index contributed by atoms with van der Waals surface area (Å²) in [6.45, 7) is 2.25. The summed E-state index contributed by atoms with van der Waals surface area (Å²) < 4.78 is 0. The van der Waals surface area contributed by atoms with Crippen molar-refractivity contribution in [2.75, 3.05) is 0 Å². The Kier molecular flexibility index (Phi) is 7.83. The Balaban J connectivity index is 2.04. The van der Waals surface area contributed by atoms with Crippen LogP contribution in [0.15, 0.2) is 23.8 Å². The molecule has 0 radical (unpaired) electrons. The Morgan fingerprint density at radius 2 is 1.56 bits per heavy atom. The van der Waals surface area contributed by atoms with E-state index in [-0.39, 0.29) is 5.78 Å². The van der Waals surface area contributed by atoms with Gasteiger partial charge in [-0.25, -0.2) is 0 Å². The first-order chi connectivity index (χ1) is 8.74. The molecule has 0 aromatic carbocycles. The topological polar surface area (TPSA) is 17.1 Å². The predicted molar refractivity (Wildman–Crippen MR) is 82.1 cm³/mol. The van der Waals surface area contributed by atoms with Crippen LogP contribution in [0.1, 0.15) is 64.7 Å². The van der Waals surface area contributed by atoms with E-state index in [0.29, 0.717) is 0 Å². The second-order valence-corrected chi connectivity index (χ2v) is 5.43. The molecule has 1 aliphatic rings. The lowest BCUT2D eigenvalue weighted by Gasteiger charge is -2.08. The molecule has 1 nitrogen and oxygen atoms in total. The van der Waals surface area contributed by atoms with Crippen LogP contribution < -0.4 is 0 Å². The molecule has 1 rings (SSSR count). The molecule has 0 heterocycles. The summed E-state index contributed by atoms with van der Waals surface area (Å²) in [7, 11) is 0. The summed E-state index contributed by atoms with van der Waals surface area (Å²) in [5.74, 6) is 0.0816. The van der Waals surface area contributed by atoms with E-state index >= 15 is 0 Å². The van der Waals surface area contributed by atoms with E-state index in [2.05, 4.69) is 6.92 Å². The van der Waals surface area contributed by atoms with Crippen LogP contribution in [0.2, 0.25) is 0 Å². The zero-order chi connectivity index (χ0) is 13.2. The van der Waals surface area contributed by atoms with Crippen LogP contribution in [-0.2, 0) is 4.79 Å². The molecule has 0 fully saturated rings. The first kappa shape index (κ1) is 15.3. The molecule has 0 saturated heterocycles. The van der Waals surface area contributed by atoms with Crippen molar-refractivity contribution < 1.29 is 4.79 Å². The Morgan fingerprint density at radius 3 is 2.22 bits per heavy atom. The first-order valence-corrected chi connectivity index (χ1v) is 7.62. The van der Waals surface area contributed by atoms with Gasteiger partial charge in [-0.05, 0) is 36.6 Å². The maximum Gasteiger partial charge on any atom is 0.179 e. The fourth-order valence-corrected chi connectivity index (χ4v) is 2.43. The van der Waals surface area contributed by atoms with Gasteiger partial charge in [0, 0.05) is 4.86 Å². The largest absolute Gasteiger partial charge is 0.290 e. The molecule has 0 amide bonds. The lowest BCUT2D eigenvalue weighted by molar-refractivity contribution is -0.110. The second-order valence-electron chi connectivity index (χ2n) is 4.99. The molecule has 0 aliphatic heterocycles. The number of rotatable bonds is 9. The third-order valence-electron chi connectivity index (χ3n) is 3.33. The molecule has 0 bridgehead atoms. The van der Waals surface area contributed by atoms with Crippen LogP contribution in [0.25, 0.3) is 0 Å². The summed E-state index contributed by atoms with van der Waals surface area (Å²) >= 11 is 5.22. The minimum absolute atomic E-state index is 0.0816. The zero-order valence-electron chi connectivity index (χ0n) is 11.4. The van der Waals surface area contributed by atoms with Crippen LogP contribution >= 0.6 is 12.2 Å². The molecule has 100 valence electrons. The highest BCUT2D eigenvalue weighted by molar-refractivity contribution is 7.81. The van der Waals surface area contributed by atoms with E-state index in [1.807, 2.05) is 0 Å². The molecule has 1 aliphatic carbocycles. The highest BCUT2D eigenvalue weighted by atomic mass is 32.1. The maximum atomic E-state index is 11.2. The third-order valence-corrected chi connectivity index (χ3v) is 3.73. The Bertz CT molecular complexity index is 339. The number of hydrogen-bond donors (Lipinski definition) is 0. The number of hydrogen-bond acceptors (Lipinski definition) is 2. The van der Waals surface area contributed by atoms with Crippen molar-refractivity contribution in [3.63, 3.8) is 0 Å². The van der Waals surface area contributed by atoms with Crippen LogP contribution in [0.4, 0.5) is 0 Å². The van der Waals surface area contributed by atoms with Gasteiger partial charge in [-0.3, -0.25) is 4.79 Å². The van der Waals surface area contributed by atoms with Gasteiger partial charge in [0.15, 0.2) is 5.78 Å². The van der Waals surface area contributed by atoms with Crippen LogP contribution in [0.3, 0.4) is 0 Å². The summed E-state index contributed by atoms with van der Waals surface area (Å²) in [5.41, 5.74) is 1.06. The molecule has 0 saturated carbocycles. The summed E-state index contributed by atoms with van der Waals surface area (Å²) in [5, 5.41) is 0. The van der Waals surface area contributed by atoms with Crippen molar-refractivity contribution in [3.8, 4) is 0 Å². The van der Waals surface area contributed by atoms with Crippen molar-refractivity contribution in [3.05, 3.63) is 23.8 Å². The van der Waals surface area contributed by atoms with E-state index in [4.69, 9.17) is 12.2 Å². The van der Waals surface area contributed by atoms with E-state index < -0.39 is 0 Å². The number of unbranched alkanes of at least 4 members (excludes halogenated alkanes) is 7. The van der Waals surface area contributed by atoms with Crippen molar-refractivity contribution in [2.45, 2.75) is 64.7 Å². The molecule has 0 aromatic rings. The molecular formula is C16H24OS. The molecule has 0 N–H and O–H groups in total. The third kappa shape index (κ3) is 6.25. The minimum Gasteiger partial charge on any atom is -0.290 e. The Morgan fingerprint density at radius 1 is 0.944 bits per heavy atom. The average molecular weight is 264 g/mol. The number of carbonyl (C=O) groups excluding carboxylic acids is 1. The van der Waals surface area contributed by atoms with Crippen LogP contribution in [-0.4, -0.2) is 10.6 Å². The number of allylic oxidation sites excluding steroid dienone is 4. The van der Waals surface area contributed by atoms with Crippen LogP contribution in [0, 0.1) is 0 Å². The zero-order valence-corrected chi connectivity index (χ0v) is 12.2. The number of carbonyl (C=O) groups is 1. The Hall–Kier alpha value is -0.760. The fraction of sp³-hybridized carbons (Fsp3) is 0.625. The standard InChI is InChI=1S/C16H24OS/c1-2-3-4-5-6-7-8-9-10-14-13-15(17)11-12-16(14)18/h11-13H,2-10H2,1H3. The van der Waals surface area contributed by atoms with Gasteiger partial charge in [-0.2, -0.15) is 0 Å². The van der Waals surface area contributed by atoms with Gasteiger partial charge in [-0.1, -0.05) is 64.1 Å². The SMILES string of the molecule is CCCCCCCCCCC1=CC(=O)C=CC1=S. The Labute approximate surface area is 116 Å². The average Bonchev–Trinajstić information content (AvgIpc) is 2.36. The fourth-order valence-electron chi connectivity index (χ4n) is 2.20. The van der Waals surface area contributed by atoms with Gasteiger partial charge < -0.3 is 0 Å². The molecular weight excluding hydrogens is 240 g/mol. The summed E-state index contributed by atoms with van der Waals surface area (Å²) in [6, 6.07) is 0. The van der Waals surface area contributed by atoms with Crippen molar-refractivity contribution in [2.24, 2.45) is 0 Å². The summed E-state index contributed by atoms with van der Waals surface area (Å²) in [6.07, 6.45) is 16.5. The predicted octanol–water partition coefficient (Wildman–Crippen LogP) is 4.95. The van der Waals surface area contributed by atoms with Gasteiger partial charge in [0.25, 0.3) is 0 Å². The van der Waals surface area contributed by atoms with E-state index in [1.54, 1.807) is 18.2 Å². The smallest absolute Gasteiger partial charge is 0.179 e. The first-order valence-electron chi connectivity index (χ1n) is 7.21. The van der Waals surface area contributed by atoms with Gasteiger partial charge in [0.2, 0.25) is 0 Å². The number of thiocarbonyl (C=S) groups is 1. The van der Waals surface area contributed by atoms with Crippen molar-refractivity contribution >= 4 is 22.9 Å². The van der Waals surface area contributed by atoms with Crippen LogP contribution in [0.5, 0.6) is 0 Å². The lowest BCUT2D eigenvalue weighted by atomic mass is 9.98. The molecule has 0 unspecified atom stereocenters. The molecule has 0 atom stereocenters.